The Kier molecular flexibility index (Phi) is 2.29. The van der Waals surface area contributed by atoms with E-state index in [1.54, 1.807) is 13.2 Å². The standard InChI is InChI=1S/C10H8BrN3O/c1-15-9-3-8-5(2-7(9)11)6(4-12)10(13)14-8/h2-3,14H,13H2,1H3. The van der Waals surface area contributed by atoms with Crippen LogP contribution in [0, 0.1) is 11.3 Å². The van der Waals surface area contributed by atoms with Crippen molar-refractivity contribution in [3.8, 4) is 11.8 Å². The second-order valence-corrected chi connectivity index (χ2v) is 3.91. The summed E-state index contributed by atoms with van der Waals surface area (Å²) in [7, 11) is 1.59. The lowest BCUT2D eigenvalue weighted by molar-refractivity contribution is 0.413. The fourth-order valence-electron chi connectivity index (χ4n) is 1.49. The normalized spacial score (nSPS) is 10.2. The third-order valence-electron chi connectivity index (χ3n) is 2.21. The Labute approximate surface area is 94.8 Å². The number of nitrogens with one attached hydrogen (secondary N) is 1. The van der Waals surface area contributed by atoms with Crippen molar-refractivity contribution in [3.63, 3.8) is 0 Å². The molecule has 3 N–H and O–H groups in total. The molecular formula is C10H8BrN3O. The minimum Gasteiger partial charge on any atom is -0.495 e. The topological polar surface area (TPSA) is 74.8 Å². The zero-order valence-electron chi connectivity index (χ0n) is 7.97. The van der Waals surface area contributed by atoms with Crippen LogP contribution < -0.4 is 10.5 Å². The zero-order chi connectivity index (χ0) is 11.0. The largest absolute Gasteiger partial charge is 0.495 e. The lowest BCUT2D eigenvalue weighted by Gasteiger charge is -2.02. The molecule has 0 aliphatic rings. The maximum absolute atomic E-state index is 8.93. The van der Waals surface area contributed by atoms with E-state index < -0.39 is 0 Å². The molecule has 0 unspecified atom stereocenters. The average Bonchev–Trinajstić information content (AvgIpc) is 2.51. The summed E-state index contributed by atoms with van der Waals surface area (Å²) in [6, 6.07) is 5.69. The van der Waals surface area contributed by atoms with Crippen LogP contribution in [0.3, 0.4) is 0 Å². The Morgan fingerprint density at radius 2 is 2.27 bits per heavy atom. The first-order valence-corrected chi connectivity index (χ1v) is 5.01. The van der Waals surface area contributed by atoms with Gasteiger partial charge in [0, 0.05) is 11.5 Å². The summed E-state index contributed by atoms with van der Waals surface area (Å²) in [5.74, 6) is 1.08. The van der Waals surface area contributed by atoms with E-state index in [-0.39, 0.29) is 0 Å². The molecule has 1 aromatic carbocycles. The minimum atomic E-state index is 0.382. The maximum Gasteiger partial charge on any atom is 0.135 e. The van der Waals surface area contributed by atoms with Gasteiger partial charge in [-0.3, -0.25) is 0 Å². The Balaban J connectivity index is 2.83. The first-order chi connectivity index (χ1) is 7.17. The van der Waals surface area contributed by atoms with Crippen molar-refractivity contribution >= 4 is 32.7 Å². The Morgan fingerprint density at radius 1 is 1.53 bits per heavy atom. The highest BCUT2D eigenvalue weighted by atomic mass is 79.9. The van der Waals surface area contributed by atoms with Gasteiger partial charge in [-0.05, 0) is 22.0 Å². The average molecular weight is 266 g/mol. The molecule has 0 radical (unpaired) electrons. The van der Waals surface area contributed by atoms with Gasteiger partial charge >= 0.3 is 0 Å². The number of nitrogen functional groups attached to an aromatic ring is 1. The lowest BCUT2D eigenvalue weighted by Crippen LogP contribution is -1.86. The highest BCUT2D eigenvalue weighted by Gasteiger charge is 2.11. The number of ether oxygens (including phenoxy) is 1. The molecule has 4 nitrogen and oxygen atoms in total. The van der Waals surface area contributed by atoms with E-state index in [0.29, 0.717) is 17.1 Å². The highest BCUT2D eigenvalue weighted by molar-refractivity contribution is 9.10. The van der Waals surface area contributed by atoms with E-state index in [1.807, 2.05) is 6.07 Å². The van der Waals surface area contributed by atoms with Crippen molar-refractivity contribution in [2.45, 2.75) is 0 Å². The van der Waals surface area contributed by atoms with E-state index in [4.69, 9.17) is 15.7 Å². The van der Waals surface area contributed by atoms with E-state index in [0.717, 1.165) is 15.4 Å². The van der Waals surface area contributed by atoms with Gasteiger partial charge in [0.25, 0.3) is 0 Å². The maximum atomic E-state index is 8.93. The number of halogens is 1. The summed E-state index contributed by atoms with van der Waals surface area (Å²) in [5, 5.41) is 9.72. The number of aromatic amines is 1. The van der Waals surface area contributed by atoms with Gasteiger partial charge in [-0.1, -0.05) is 0 Å². The van der Waals surface area contributed by atoms with Crippen molar-refractivity contribution in [1.82, 2.24) is 4.98 Å². The fourth-order valence-corrected chi connectivity index (χ4v) is 2.00. The molecule has 2 aromatic rings. The molecule has 0 saturated carbocycles. The summed E-state index contributed by atoms with van der Waals surface area (Å²) >= 11 is 3.36. The van der Waals surface area contributed by atoms with Gasteiger partial charge in [-0.15, -0.1) is 0 Å². The number of nitriles is 1. The van der Waals surface area contributed by atoms with Gasteiger partial charge in [-0.2, -0.15) is 5.26 Å². The Bertz CT molecular complexity index is 568. The molecular weight excluding hydrogens is 258 g/mol. The summed E-state index contributed by atoms with van der Waals surface area (Å²) in [5.41, 5.74) is 6.93. The molecule has 1 heterocycles. The summed E-state index contributed by atoms with van der Waals surface area (Å²) < 4.78 is 5.94. The van der Waals surface area contributed by atoms with Gasteiger partial charge < -0.3 is 15.5 Å². The first-order valence-electron chi connectivity index (χ1n) is 4.22. The molecule has 0 aliphatic heterocycles. The molecule has 0 bridgehead atoms. The number of aromatic nitrogens is 1. The van der Waals surface area contributed by atoms with Crippen LogP contribution >= 0.6 is 15.9 Å². The van der Waals surface area contributed by atoms with E-state index in [2.05, 4.69) is 27.0 Å². The van der Waals surface area contributed by atoms with Crippen LogP contribution in [0.5, 0.6) is 5.75 Å². The second-order valence-electron chi connectivity index (χ2n) is 3.06. The molecule has 5 heteroatoms. The van der Waals surface area contributed by atoms with E-state index in [1.165, 1.54) is 0 Å². The predicted molar refractivity (Wildman–Crippen MR) is 61.7 cm³/mol. The molecule has 0 amide bonds. The minimum absolute atomic E-state index is 0.382. The third kappa shape index (κ3) is 1.43. The number of hydrogen-bond acceptors (Lipinski definition) is 3. The quantitative estimate of drug-likeness (QED) is 0.832. The van der Waals surface area contributed by atoms with Crippen LogP contribution in [-0.2, 0) is 0 Å². The number of methoxy groups -OCH3 is 1. The predicted octanol–water partition coefficient (Wildman–Crippen LogP) is 2.39. The number of benzene rings is 1. The molecule has 0 saturated heterocycles. The Morgan fingerprint density at radius 3 is 2.87 bits per heavy atom. The highest BCUT2D eigenvalue weighted by Crippen LogP contribution is 2.33. The van der Waals surface area contributed by atoms with Gasteiger partial charge in [0.1, 0.15) is 23.2 Å². The zero-order valence-corrected chi connectivity index (χ0v) is 9.55. The Hall–Kier alpha value is -1.67. The number of nitrogens with two attached hydrogens (primary N) is 1. The lowest BCUT2D eigenvalue weighted by atomic mass is 10.2. The van der Waals surface area contributed by atoms with Crippen LogP contribution in [0.1, 0.15) is 5.56 Å². The first kappa shape index (κ1) is 9.87. The molecule has 0 aliphatic carbocycles. The SMILES string of the molecule is COc1cc2[nH]c(N)c(C#N)c2cc1Br. The van der Waals surface area contributed by atoms with Crippen molar-refractivity contribution in [2.24, 2.45) is 0 Å². The summed E-state index contributed by atoms with van der Waals surface area (Å²) in [6.45, 7) is 0. The fraction of sp³-hybridized carbons (Fsp3) is 0.100. The van der Waals surface area contributed by atoms with Crippen LogP contribution in [0.2, 0.25) is 0 Å². The molecule has 0 spiro atoms. The number of H-pyrrole nitrogens is 1. The number of nitrogens with zero attached hydrogens (tertiary/aromatic N) is 1. The summed E-state index contributed by atoms with van der Waals surface area (Å²) in [4.78, 5) is 2.93. The number of hydrogen-bond donors (Lipinski definition) is 2. The van der Waals surface area contributed by atoms with E-state index >= 15 is 0 Å². The summed E-state index contributed by atoms with van der Waals surface area (Å²) in [6.07, 6.45) is 0. The van der Waals surface area contributed by atoms with Gasteiger partial charge in [0.05, 0.1) is 17.1 Å². The van der Waals surface area contributed by atoms with Crippen molar-refractivity contribution in [3.05, 3.63) is 22.2 Å². The smallest absolute Gasteiger partial charge is 0.135 e. The van der Waals surface area contributed by atoms with Crippen LogP contribution in [0.25, 0.3) is 10.9 Å². The third-order valence-corrected chi connectivity index (χ3v) is 2.83. The van der Waals surface area contributed by atoms with Crippen LogP contribution in [0.15, 0.2) is 16.6 Å². The number of anilines is 1. The molecule has 15 heavy (non-hydrogen) atoms. The van der Waals surface area contributed by atoms with Crippen LogP contribution in [-0.4, -0.2) is 12.1 Å². The molecule has 76 valence electrons. The van der Waals surface area contributed by atoms with E-state index in [9.17, 15) is 0 Å². The number of rotatable bonds is 1. The molecule has 0 atom stereocenters. The van der Waals surface area contributed by atoms with Crippen molar-refractivity contribution in [1.29, 1.82) is 5.26 Å². The monoisotopic (exact) mass is 265 g/mol. The molecule has 1 aromatic heterocycles. The van der Waals surface area contributed by atoms with Crippen LogP contribution in [0.4, 0.5) is 5.82 Å². The second kappa shape index (κ2) is 3.48. The van der Waals surface area contributed by atoms with Gasteiger partial charge in [-0.25, -0.2) is 0 Å². The molecule has 2 rings (SSSR count). The van der Waals surface area contributed by atoms with Crippen molar-refractivity contribution in [2.75, 3.05) is 12.8 Å². The van der Waals surface area contributed by atoms with Gasteiger partial charge in [0.2, 0.25) is 0 Å². The van der Waals surface area contributed by atoms with Crippen molar-refractivity contribution < 1.29 is 4.74 Å². The molecule has 0 fully saturated rings. The van der Waals surface area contributed by atoms with Gasteiger partial charge in [0.15, 0.2) is 0 Å². The number of fused-ring (bicyclic) bond motifs is 1.